The number of rotatable bonds is 5. The summed E-state index contributed by atoms with van der Waals surface area (Å²) in [6, 6.07) is 0. The fourth-order valence-corrected chi connectivity index (χ4v) is 0.455. The third-order valence-corrected chi connectivity index (χ3v) is 1.68. The first kappa shape index (κ1) is 61.7. The van der Waals surface area contributed by atoms with E-state index in [0.29, 0.717) is 6.10 Å². The van der Waals surface area contributed by atoms with Crippen molar-refractivity contribution in [3.8, 4) is 0 Å². The molecule has 1 atom stereocenters. The van der Waals surface area contributed by atoms with E-state index in [4.69, 9.17) is 9.47 Å². The Balaban J connectivity index is -0.0000000110. The number of ether oxygens (including phenoxy) is 2. The number of unbranched alkanes of at least 4 members (excludes halogenated alkanes) is 1. The highest BCUT2D eigenvalue weighted by Crippen LogP contribution is 1.89. The first-order chi connectivity index (χ1) is 5.72. The third-order valence-electron chi connectivity index (χ3n) is 1.68. The molecule has 0 N–H and O–H groups in total. The SMILES string of the molecule is C.C.C.C.C.C.C.CCC(C)OC.CCCCOC. The van der Waals surface area contributed by atoms with E-state index in [1.807, 2.05) is 0 Å². The first-order valence-electron chi connectivity index (χ1n) is 4.74. The van der Waals surface area contributed by atoms with Gasteiger partial charge in [-0.05, 0) is 19.8 Å². The molecule has 0 aromatic carbocycles. The summed E-state index contributed by atoms with van der Waals surface area (Å²) in [6.07, 6.45) is 3.96. The highest BCUT2D eigenvalue weighted by Gasteiger charge is 1.88. The van der Waals surface area contributed by atoms with Gasteiger partial charge in [-0.1, -0.05) is 72.3 Å². The minimum absolute atomic E-state index is 0. The monoisotopic (exact) mass is 288 g/mol. The molecular formula is C17H52O2. The Hall–Kier alpha value is -0.0800. The van der Waals surface area contributed by atoms with Crippen molar-refractivity contribution in [2.75, 3.05) is 20.8 Å². The first-order valence-corrected chi connectivity index (χ1v) is 4.74. The quantitative estimate of drug-likeness (QED) is 0.493. The van der Waals surface area contributed by atoms with Crippen LogP contribution in [0.3, 0.4) is 0 Å². The van der Waals surface area contributed by atoms with Crippen LogP contribution in [-0.2, 0) is 9.47 Å². The van der Waals surface area contributed by atoms with Crippen LogP contribution < -0.4 is 0 Å². The van der Waals surface area contributed by atoms with Gasteiger partial charge in [-0.2, -0.15) is 0 Å². The Bertz CT molecular complexity index is 58.3. The predicted molar refractivity (Wildman–Crippen MR) is 101 cm³/mol. The minimum Gasteiger partial charge on any atom is -0.385 e. The van der Waals surface area contributed by atoms with E-state index in [0.717, 1.165) is 13.0 Å². The summed E-state index contributed by atoms with van der Waals surface area (Å²) in [6.45, 7) is 7.23. The lowest BCUT2D eigenvalue weighted by atomic mass is 10.3. The van der Waals surface area contributed by atoms with Gasteiger partial charge in [0.2, 0.25) is 0 Å². The van der Waals surface area contributed by atoms with Gasteiger partial charge in [0.1, 0.15) is 0 Å². The molecule has 2 nitrogen and oxygen atoms in total. The molecule has 0 aromatic heterocycles. The topological polar surface area (TPSA) is 18.5 Å². The Kier molecular flexibility index (Phi) is 210. The highest BCUT2D eigenvalue weighted by atomic mass is 16.5. The lowest BCUT2D eigenvalue weighted by molar-refractivity contribution is 0.115. The molecular weight excluding hydrogens is 236 g/mol. The largest absolute Gasteiger partial charge is 0.385 e. The molecule has 0 rings (SSSR count). The van der Waals surface area contributed by atoms with E-state index in [1.165, 1.54) is 12.8 Å². The van der Waals surface area contributed by atoms with Crippen LogP contribution in [0, 0.1) is 0 Å². The van der Waals surface area contributed by atoms with E-state index in [1.54, 1.807) is 14.2 Å². The highest BCUT2D eigenvalue weighted by molar-refractivity contribution is 4.38. The molecule has 0 radical (unpaired) electrons. The molecule has 0 aliphatic rings. The average molecular weight is 289 g/mol. The second-order valence-electron chi connectivity index (χ2n) is 2.80. The van der Waals surface area contributed by atoms with Gasteiger partial charge in [0.05, 0.1) is 6.10 Å². The summed E-state index contributed by atoms with van der Waals surface area (Å²) < 4.78 is 9.68. The van der Waals surface area contributed by atoms with Crippen molar-refractivity contribution in [3.63, 3.8) is 0 Å². The van der Waals surface area contributed by atoms with Crippen molar-refractivity contribution < 1.29 is 9.47 Å². The van der Waals surface area contributed by atoms with Crippen molar-refractivity contribution >= 4 is 0 Å². The Labute approximate surface area is 129 Å². The van der Waals surface area contributed by atoms with Crippen LogP contribution in [0.5, 0.6) is 0 Å². The Morgan fingerprint density at radius 1 is 0.789 bits per heavy atom. The molecule has 0 bridgehead atoms. The van der Waals surface area contributed by atoms with Crippen LogP contribution in [0.1, 0.15) is 92.0 Å². The van der Waals surface area contributed by atoms with Crippen LogP contribution in [0.15, 0.2) is 0 Å². The van der Waals surface area contributed by atoms with Gasteiger partial charge >= 0.3 is 0 Å². The van der Waals surface area contributed by atoms with Gasteiger partial charge in [0, 0.05) is 20.8 Å². The zero-order valence-corrected chi connectivity index (χ0v) is 9.22. The Morgan fingerprint density at radius 2 is 1.16 bits per heavy atom. The second-order valence-corrected chi connectivity index (χ2v) is 2.80. The number of methoxy groups -OCH3 is 2. The summed E-state index contributed by atoms with van der Waals surface area (Å²) in [7, 11) is 3.46. The lowest BCUT2D eigenvalue weighted by Crippen LogP contribution is -2.00. The molecule has 19 heavy (non-hydrogen) atoms. The van der Waals surface area contributed by atoms with E-state index in [-0.39, 0.29) is 52.0 Å². The predicted octanol–water partition coefficient (Wildman–Crippen LogP) is 7.32. The summed E-state index contributed by atoms with van der Waals surface area (Å²) in [5.74, 6) is 0. The third kappa shape index (κ3) is 94.8. The summed E-state index contributed by atoms with van der Waals surface area (Å²) in [5, 5.41) is 0. The molecule has 0 saturated carbocycles. The molecule has 0 fully saturated rings. The van der Waals surface area contributed by atoms with Crippen LogP contribution in [-0.4, -0.2) is 26.9 Å². The van der Waals surface area contributed by atoms with E-state index in [2.05, 4.69) is 20.8 Å². The van der Waals surface area contributed by atoms with E-state index >= 15 is 0 Å². The maximum atomic E-state index is 4.90. The summed E-state index contributed by atoms with van der Waals surface area (Å²) >= 11 is 0. The van der Waals surface area contributed by atoms with Crippen molar-refractivity contribution in [1.29, 1.82) is 0 Å². The molecule has 0 aliphatic heterocycles. The zero-order valence-electron chi connectivity index (χ0n) is 9.22. The van der Waals surface area contributed by atoms with Crippen molar-refractivity contribution in [3.05, 3.63) is 0 Å². The molecule has 132 valence electrons. The molecule has 0 spiro atoms. The lowest BCUT2D eigenvalue weighted by Gasteiger charge is -2.01. The van der Waals surface area contributed by atoms with Gasteiger partial charge in [-0.15, -0.1) is 0 Å². The molecule has 2 heteroatoms. The van der Waals surface area contributed by atoms with Crippen molar-refractivity contribution in [2.24, 2.45) is 0 Å². The maximum Gasteiger partial charge on any atom is 0.0540 e. The van der Waals surface area contributed by atoms with E-state index in [9.17, 15) is 0 Å². The summed E-state index contributed by atoms with van der Waals surface area (Å²) in [4.78, 5) is 0. The van der Waals surface area contributed by atoms with Gasteiger partial charge in [-0.25, -0.2) is 0 Å². The molecule has 0 amide bonds. The molecule has 1 unspecified atom stereocenters. The molecule has 0 aromatic rings. The van der Waals surface area contributed by atoms with Crippen molar-refractivity contribution in [2.45, 2.75) is 98.1 Å². The zero-order chi connectivity index (χ0) is 9.82. The summed E-state index contributed by atoms with van der Waals surface area (Å²) in [5.41, 5.74) is 0. The molecule has 0 saturated heterocycles. The van der Waals surface area contributed by atoms with Crippen LogP contribution in [0.4, 0.5) is 0 Å². The number of hydrogen-bond acceptors (Lipinski definition) is 2. The normalized spacial score (nSPS) is 7.42. The minimum atomic E-state index is 0. The maximum absolute atomic E-state index is 4.90. The van der Waals surface area contributed by atoms with Crippen LogP contribution in [0.25, 0.3) is 0 Å². The number of hydrogen-bond donors (Lipinski definition) is 0. The van der Waals surface area contributed by atoms with Gasteiger partial charge in [0.25, 0.3) is 0 Å². The molecule has 0 aliphatic carbocycles. The van der Waals surface area contributed by atoms with Crippen LogP contribution >= 0.6 is 0 Å². The van der Waals surface area contributed by atoms with Crippen molar-refractivity contribution in [1.82, 2.24) is 0 Å². The van der Waals surface area contributed by atoms with Gasteiger partial charge < -0.3 is 9.47 Å². The van der Waals surface area contributed by atoms with E-state index < -0.39 is 0 Å². The molecule has 0 heterocycles. The average Bonchev–Trinajstić information content (AvgIpc) is 2.14. The fraction of sp³-hybridized carbons (Fsp3) is 1.00. The van der Waals surface area contributed by atoms with Gasteiger partial charge in [-0.3, -0.25) is 0 Å². The second kappa shape index (κ2) is 64.5. The Morgan fingerprint density at radius 3 is 1.21 bits per heavy atom. The van der Waals surface area contributed by atoms with Crippen LogP contribution in [0.2, 0.25) is 0 Å². The van der Waals surface area contributed by atoms with Gasteiger partial charge in [0.15, 0.2) is 0 Å². The standard InChI is InChI=1S/2C5H12O.7CH4/c1-4-5(2)6-3;1-3-4-5-6-2;;;;;;;/h5H,4H2,1-3H3;3-5H2,1-2H3;7*1H4. The smallest absolute Gasteiger partial charge is 0.0540 e. The fourth-order valence-electron chi connectivity index (χ4n) is 0.455.